The quantitative estimate of drug-likeness (QED) is 0.533. The summed E-state index contributed by atoms with van der Waals surface area (Å²) in [5.41, 5.74) is 4.34. The number of alkyl halides is 3. The summed E-state index contributed by atoms with van der Waals surface area (Å²) in [6, 6.07) is 2.34. The van der Waals surface area contributed by atoms with Gasteiger partial charge < -0.3 is 16.2 Å². The average molecular weight is 367 g/mol. The molecule has 1 aliphatic rings. The lowest BCUT2D eigenvalue weighted by Crippen LogP contribution is -2.23. The fraction of sp³-hybridized carbons (Fsp3) is 0.571. The lowest BCUT2D eigenvalue weighted by atomic mass is 10.0. The Bertz CT molecular complexity index is 504. The lowest BCUT2D eigenvalue weighted by Gasteiger charge is -2.17. The van der Waals surface area contributed by atoms with Crippen LogP contribution in [0.2, 0.25) is 0 Å². The molecule has 1 saturated carbocycles. The standard InChI is InChI=1S/C14H18BrF3N2O/c15-11-6-9(5-10(13(11)19)14(16,17)18)12(21)7-20-4-3-8-1-2-8/h5-6,8,12,20-21H,1-4,7,19H2. The van der Waals surface area contributed by atoms with E-state index in [0.29, 0.717) is 0 Å². The molecule has 0 saturated heterocycles. The smallest absolute Gasteiger partial charge is 0.397 e. The molecule has 0 spiro atoms. The second-order valence-electron chi connectivity index (χ2n) is 5.41. The Morgan fingerprint density at radius 1 is 1.38 bits per heavy atom. The SMILES string of the molecule is Nc1c(Br)cc(C(O)CNCCC2CC2)cc1C(F)(F)F. The van der Waals surface area contributed by atoms with Gasteiger partial charge in [-0.15, -0.1) is 0 Å². The van der Waals surface area contributed by atoms with Gasteiger partial charge in [0.1, 0.15) is 0 Å². The van der Waals surface area contributed by atoms with Crippen LogP contribution in [-0.2, 0) is 6.18 Å². The first-order chi connectivity index (χ1) is 9.79. The van der Waals surface area contributed by atoms with Gasteiger partial charge in [0.25, 0.3) is 0 Å². The molecule has 0 aliphatic heterocycles. The number of halogens is 4. The molecule has 21 heavy (non-hydrogen) atoms. The molecule has 3 nitrogen and oxygen atoms in total. The van der Waals surface area contributed by atoms with Gasteiger partial charge >= 0.3 is 6.18 Å². The van der Waals surface area contributed by atoms with E-state index < -0.39 is 17.8 Å². The number of hydrogen-bond acceptors (Lipinski definition) is 3. The highest BCUT2D eigenvalue weighted by Gasteiger charge is 2.34. The van der Waals surface area contributed by atoms with Crippen LogP contribution in [0.5, 0.6) is 0 Å². The van der Waals surface area contributed by atoms with Crippen LogP contribution in [0, 0.1) is 5.92 Å². The van der Waals surface area contributed by atoms with E-state index in [1.54, 1.807) is 0 Å². The molecule has 1 aromatic rings. The third-order valence-corrected chi connectivity index (χ3v) is 4.26. The van der Waals surface area contributed by atoms with E-state index in [4.69, 9.17) is 5.73 Å². The number of aliphatic hydroxyl groups excluding tert-OH is 1. The van der Waals surface area contributed by atoms with E-state index in [0.717, 1.165) is 24.9 Å². The summed E-state index contributed by atoms with van der Waals surface area (Å²) in [7, 11) is 0. The minimum Gasteiger partial charge on any atom is -0.397 e. The monoisotopic (exact) mass is 366 g/mol. The van der Waals surface area contributed by atoms with E-state index in [1.807, 2.05) is 0 Å². The van der Waals surface area contributed by atoms with Gasteiger partial charge in [-0.2, -0.15) is 13.2 Å². The topological polar surface area (TPSA) is 58.3 Å². The first-order valence-corrected chi connectivity index (χ1v) is 7.63. The minimum atomic E-state index is -4.54. The molecule has 118 valence electrons. The molecule has 2 rings (SSSR count). The van der Waals surface area contributed by atoms with Crippen LogP contribution in [0.1, 0.15) is 36.5 Å². The summed E-state index contributed by atoms with van der Waals surface area (Å²) in [6.07, 6.45) is -1.98. The number of benzene rings is 1. The van der Waals surface area contributed by atoms with Gasteiger partial charge in [0, 0.05) is 11.0 Å². The van der Waals surface area contributed by atoms with Gasteiger partial charge in [0.2, 0.25) is 0 Å². The molecule has 1 fully saturated rings. The van der Waals surface area contributed by atoms with Gasteiger partial charge in [0.05, 0.1) is 17.4 Å². The zero-order chi connectivity index (χ0) is 15.6. The summed E-state index contributed by atoms with van der Waals surface area (Å²) in [4.78, 5) is 0. The first kappa shape index (κ1) is 16.6. The number of nitrogens with one attached hydrogen (secondary N) is 1. The van der Waals surface area contributed by atoms with Gasteiger partial charge in [0.15, 0.2) is 0 Å². The normalized spacial score (nSPS) is 17.0. The lowest BCUT2D eigenvalue weighted by molar-refractivity contribution is -0.137. The number of aliphatic hydroxyl groups is 1. The summed E-state index contributed by atoms with van der Waals surface area (Å²) in [6.45, 7) is 0.990. The number of rotatable bonds is 6. The Morgan fingerprint density at radius 3 is 2.62 bits per heavy atom. The Morgan fingerprint density at radius 2 is 2.05 bits per heavy atom. The van der Waals surface area contributed by atoms with Gasteiger partial charge in [-0.3, -0.25) is 0 Å². The van der Waals surface area contributed by atoms with Crippen molar-refractivity contribution >= 4 is 21.6 Å². The van der Waals surface area contributed by atoms with Crippen LogP contribution in [0.4, 0.5) is 18.9 Å². The van der Waals surface area contributed by atoms with Gasteiger partial charge in [-0.1, -0.05) is 12.8 Å². The van der Waals surface area contributed by atoms with Crippen LogP contribution >= 0.6 is 15.9 Å². The Balaban J connectivity index is 2.02. The van der Waals surface area contributed by atoms with Crippen molar-refractivity contribution in [3.63, 3.8) is 0 Å². The van der Waals surface area contributed by atoms with Gasteiger partial charge in [-0.25, -0.2) is 0 Å². The minimum absolute atomic E-state index is 0.143. The fourth-order valence-electron chi connectivity index (χ4n) is 2.14. The summed E-state index contributed by atoms with van der Waals surface area (Å²) >= 11 is 3.01. The van der Waals surface area contributed by atoms with Crippen LogP contribution in [0.15, 0.2) is 16.6 Å². The molecule has 1 atom stereocenters. The van der Waals surface area contributed by atoms with Crippen molar-refractivity contribution in [2.24, 2.45) is 5.92 Å². The number of hydrogen-bond donors (Lipinski definition) is 3. The molecule has 1 aromatic carbocycles. The highest BCUT2D eigenvalue weighted by atomic mass is 79.9. The summed E-state index contributed by atoms with van der Waals surface area (Å²) < 4.78 is 38.8. The van der Waals surface area contributed by atoms with E-state index in [1.165, 1.54) is 18.9 Å². The van der Waals surface area contributed by atoms with Crippen molar-refractivity contribution in [3.05, 3.63) is 27.7 Å². The predicted molar refractivity (Wildman–Crippen MR) is 78.7 cm³/mol. The number of anilines is 1. The third kappa shape index (κ3) is 4.59. The molecule has 0 aromatic heterocycles. The molecular weight excluding hydrogens is 349 g/mol. The van der Waals surface area contributed by atoms with E-state index in [9.17, 15) is 18.3 Å². The van der Waals surface area contributed by atoms with Gasteiger partial charge in [-0.05, 0) is 52.5 Å². The number of nitrogens with two attached hydrogens (primary N) is 1. The van der Waals surface area contributed by atoms with Crippen molar-refractivity contribution in [2.45, 2.75) is 31.5 Å². The second kappa shape index (κ2) is 6.54. The molecule has 0 bridgehead atoms. The van der Waals surface area contributed by atoms with Crippen LogP contribution < -0.4 is 11.1 Å². The zero-order valence-electron chi connectivity index (χ0n) is 11.4. The molecule has 0 radical (unpaired) electrons. The largest absolute Gasteiger partial charge is 0.418 e. The summed E-state index contributed by atoms with van der Waals surface area (Å²) in [5.74, 6) is 0.775. The van der Waals surface area contributed by atoms with Crippen molar-refractivity contribution in [1.82, 2.24) is 5.32 Å². The molecule has 0 heterocycles. The molecule has 1 aliphatic carbocycles. The Kier molecular flexibility index (Phi) is 5.16. The maximum Gasteiger partial charge on any atom is 0.418 e. The maximum atomic E-state index is 12.9. The van der Waals surface area contributed by atoms with Crippen molar-refractivity contribution < 1.29 is 18.3 Å². The van der Waals surface area contributed by atoms with E-state index in [2.05, 4.69) is 21.2 Å². The fourth-order valence-corrected chi connectivity index (χ4v) is 2.61. The van der Waals surface area contributed by atoms with Crippen LogP contribution in [0.3, 0.4) is 0 Å². The van der Waals surface area contributed by atoms with Crippen LogP contribution in [0.25, 0.3) is 0 Å². The van der Waals surface area contributed by atoms with E-state index >= 15 is 0 Å². The highest BCUT2D eigenvalue weighted by molar-refractivity contribution is 9.10. The second-order valence-corrected chi connectivity index (χ2v) is 6.27. The number of nitrogen functional groups attached to an aromatic ring is 1. The third-order valence-electron chi connectivity index (χ3n) is 3.61. The molecule has 4 N–H and O–H groups in total. The predicted octanol–water partition coefficient (Wildman–Crippen LogP) is 3.47. The Hall–Kier alpha value is -0.790. The van der Waals surface area contributed by atoms with Crippen molar-refractivity contribution in [1.29, 1.82) is 0 Å². The van der Waals surface area contributed by atoms with Crippen molar-refractivity contribution in [3.8, 4) is 0 Å². The Labute approximate surface area is 129 Å². The summed E-state index contributed by atoms with van der Waals surface area (Å²) in [5, 5.41) is 13.1. The van der Waals surface area contributed by atoms with E-state index in [-0.39, 0.29) is 22.3 Å². The maximum absolute atomic E-state index is 12.9. The molecule has 0 amide bonds. The van der Waals surface area contributed by atoms with Crippen LogP contribution in [-0.4, -0.2) is 18.2 Å². The molecular formula is C14H18BrF3N2O. The highest BCUT2D eigenvalue weighted by Crippen LogP contribution is 2.39. The van der Waals surface area contributed by atoms with Crippen molar-refractivity contribution in [2.75, 3.05) is 18.8 Å². The molecule has 7 heteroatoms. The zero-order valence-corrected chi connectivity index (χ0v) is 13.0. The first-order valence-electron chi connectivity index (χ1n) is 6.84. The average Bonchev–Trinajstić information content (AvgIpc) is 3.20. The molecule has 1 unspecified atom stereocenters.